The van der Waals surface area contributed by atoms with E-state index in [1.807, 2.05) is 66.9 Å². The van der Waals surface area contributed by atoms with Crippen LogP contribution in [0.2, 0.25) is 0 Å². The molecule has 3 aromatic rings. The molecule has 1 amide bonds. The van der Waals surface area contributed by atoms with E-state index in [0.29, 0.717) is 13.2 Å². The molecule has 6 heteroatoms. The lowest BCUT2D eigenvalue weighted by Crippen LogP contribution is -2.47. The van der Waals surface area contributed by atoms with Gasteiger partial charge in [-0.1, -0.05) is 60.7 Å². The van der Waals surface area contributed by atoms with E-state index in [1.54, 1.807) is 0 Å². The van der Waals surface area contributed by atoms with Gasteiger partial charge in [0.2, 0.25) is 5.91 Å². The zero-order valence-electron chi connectivity index (χ0n) is 19.3. The second-order valence-electron chi connectivity index (χ2n) is 8.85. The number of carbonyl (C=O) groups excluding carboxylic acids is 2. The van der Waals surface area contributed by atoms with Crippen LogP contribution < -0.4 is 10.3 Å². The number of imidazole rings is 1. The van der Waals surface area contributed by atoms with Crippen LogP contribution in [0.25, 0.3) is 0 Å². The molecule has 0 bridgehead atoms. The van der Waals surface area contributed by atoms with Crippen LogP contribution >= 0.6 is 0 Å². The van der Waals surface area contributed by atoms with Gasteiger partial charge < -0.3 is 10.5 Å². The molecule has 1 heterocycles. The van der Waals surface area contributed by atoms with Crippen molar-refractivity contribution >= 4 is 11.9 Å². The summed E-state index contributed by atoms with van der Waals surface area (Å²) in [5.41, 5.74) is 7.26. The van der Waals surface area contributed by atoms with E-state index in [9.17, 15) is 9.59 Å². The molecule has 1 aliphatic carbocycles. The van der Waals surface area contributed by atoms with Crippen molar-refractivity contribution in [3.05, 3.63) is 90.0 Å². The number of hydrogen-bond acceptors (Lipinski definition) is 3. The third kappa shape index (κ3) is 4.30. The summed E-state index contributed by atoms with van der Waals surface area (Å²) in [6, 6.07) is 20.2. The summed E-state index contributed by atoms with van der Waals surface area (Å²) >= 11 is 0. The molecule has 172 valence electrons. The monoisotopic (exact) mass is 446 g/mol. The summed E-state index contributed by atoms with van der Waals surface area (Å²) in [6.07, 6.45) is 6.85. The predicted octanol–water partition coefficient (Wildman–Crippen LogP) is 3.46. The molecule has 0 aliphatic heterocycles. The average molecular weight is 447 g/mol. The van der Waals surface area contributed by atoms with E-state index in [2.05, 4.69) is 22.3 Å². The van der Waals surface area contributed by atoms with Gasteiger partial charge in [-0.05, 0) is 36.3 Å². The molecule has 33 heavy (non-hydrogen) atoms. The Balaban J connectivity index is 1.65. The van der Waals surface area contributed by atoms with E-state index < -0.39 is 5.41 Å². The van der Waals surface area contributed by atoms with Gasteiger partial charge >= 0.3 is 5.97 Å². The van der Waals surface area contributed by atoms with Crippen molar-refractivity contribution in [2.75, 3.05) is 6.61 Å². The van der Waals surface area contributed by atoms with Crippen LogP contribution in [0.4, 0.5) is 0 Å². The molecule has 4 rings (SSSR count). The summed E-state index contributed by atoms with van der Waals surface area (Å²) in [4.78, 5) is 24.3. The number of carbonyl (C=O) groups is 2. The lowest BCUT2D eigenvalue weighted by molar-refractivity contribution is -0.703. The first kappa shape index (κ1) is 22.8. The molecule has 2 atom stereocenters. The maximum atomic E-state index is 13.3. The highest BCUT2D eigenvalue weighted by Crippen LogP contribution is 2.49. The zero-order chi connectivity index (χ0) is 23.4. The number of nitrogens with two attached hydrogens (primary N) is 1. The Hall–Kier alpha value is -3.41. The largest absolute Gasteiger partial charge is 0.462 e. The van der Waals surface area contributed by atoms with Crippen molar-refractivity contribution < 1.29 is 18.9 Å². The first-order valence-corrected chi connectivity index (χ1v) is 11.6. The molecule has 1 aliphatic rings. The van der Waals surface area contributed by atoms with Gasteiger partial charge in [0.25, 0.3) is 5.82 Å². The molecule has 0 spiro atoms. The van der Waals surface area contributed by atoms with Crippen molar-refractivity contribution in [1.82, 2.24) is 4.57 Å². The summed E-state index contributed by atoms with van der Waals surface area (Å²) in [5, 5.41) is 0. The number of nitrogens with zero attached hydrogens (tertiary/aromatic N) is 2. The second kappa shape index (κ2) is 9.61. The van der Waals surface area contributed by atoms with Gasteiger partial charge in [-0.3, -0.25) is 9.59 Å². The minimum absolute atomic E-state index is 0.0843. The molecule has 1 aromatic heterocycles. The fourth-order valence-corrected chi connectivity index (χ4v) is 5.56. The average Bonchev–Trinajstić information content (AvgIpc) is 3.43. The Kier molecular flexibility index (Phi) is 6.63. The Bertz CT molecular complexity index is 1070. The molecule has 1 saturated carbocycles. The van der Waals surface area contributed by atoms with Crippen LogP contribution in [0, 0.1) is 12.8 Å². The normalized spacial score (nSPS) is 18.2. The van der Waals surface area contributed by atoms with Crippen LogP contribution in [0.15, 0.2) is 73.1 Å². The maximum Gasteiger partial charge on any atom is 0.302 e. The van der Waals surface area contributed by atoms with Crippen LogP contribution in [-0.2, 0) is 26.3 Å². The van der Waals surface area contributed by atoms with Crippen LogP contribution in [0.3, 0.4) is 0 Å². The molecular weight excluding hydrogens is 414 g/mol. The SMILES string of the molecule is CC(=O)OCC[n+]1ccn(C2CCC(C(C(N)=O)(c3ccccc3)c3ccccc3)C2)c1C. The lowest BCUT2D eigenvalue weighted by Gasteiger charge is -2.37. The Labute approximate surface area is 195 Å². The Morgan fingerprint density at radius 2 is 1.67 bits per heavy atom. The lowest BCUT2D eigenvalue weighted by atomic mass is 9.64. The van der Waals surface area contributed by atoms with E-state index in [1.165, 1.54) is 6.92 Å². The first-order chi connectivity index (χ1) is 15.9. The van der Waals surface area contributed by atoms with Crippen molar-refractivity contribution in [3.8, 4) is 0 Å². The standard InChI is InChI=1S/C27H31N3O3/c1-20-29(17-18-33-21(2)31)15-16-30(20)25-14-13-24(19-25)27(26(28)32,22-9-5-3-6-10-22)23-11-7-4-8-12-23/h3-12,15-16,24-25H,13-14,17-19H2,1-2H3,(H-,28,32)/p+1. The molecule has 2 aromatic carbocycles. The third-order valence-corrected chi connectivity index (χ3v) is 7.09. The summed E-state index contributed by atoms with van der Waals surface area (Å²) < 4.78 is 9.49. The van der Waals surface area contributed by atoms with Gasteiger partial charge in [-0.2, -0.15) is 0 Å². The number of rotatable bonds is 8. The van der Waals surface area contributed by atoms with Gasteiger partial charge in [-0.15, -0.1) is 0 Å². The van der Waals surface area contributed by atoms with E-state index in [4.69, 9.17) is 10.5 Å². The molecular formula is C27H32N3O3+. The van der Waals surface area contributed by atoms with Gasteiger partial charge in [0.1, 0.15) is 37.0 Å². The number of hydrogen-bond donors (Lipinski definition) is 1. The summed E-state index contributed by atoms with van der Waals surface area (Å²) in [5.74, 6) is 0.625. The number of aromatic nitrogens is 2. The predicted molar refractivity (Wildman–Crippen MR) is 125 cm³/mol. The number of primary amides is 1. The smallest absolute Gasteiger partial charge is 0.302 e. The van der Waals surface area contributed by atoms with Gasteiger partial charge in [0.15, 0.2) is 0 Å². The molecule has 2 N–H and O–H groups in total. The number of amides is 1. The highest BCUT2D eigenvalue weighted by atomic mass is 16.5. The van der Waals surface area contributed by atoms with Crippen LogP contribution in [0.5, 0.6) is 0 Å². The van der Waals surface area contributed by atoms with Gasteiger partial charge in [0, 0.05) is 13.8 Å². The van der Waals surface area contributed by atoms with Crippen LogP contribution in [0.1, 0.15) is 49.2 Å². The molecule has 0 radical (unpaired) electrons. The topological polar surface area (TPSA) is 78.2 Å². The minimum Gasteiger partial charge on any atom is -0.462 e. The van der Waals surface area contributed by atoms with Crippen LogP contribution in [-0.4, -0.2) is 23.1 Å². The minimum atomic E-state index is -0.871. The van der Waals surface area contributed by atoms with Crippen molar-refractivity contribution in [2.24, 2.45) is 11.7 Å². The first-order valence-electron chi connectivity index (χ1n) is 11.6. The second-order valence-corrected chi connectivity index (χ2v) is 8.85. The molecule has 6 nitrogen and oxygen atoms in total. The van der Waals surface area contributed by atoms with Crippen molar-refractivity contribution in [2.45, 2.75) is 51.1 Å². The Morgan fingerprint density at radius 3 is 2.21 bits per heavy atom. The number of ether oxygens (including phenoxy) is 1. The fourth-order valence-electron chi connectivity index (χ4n) is 5.56. The van der Waals surface area contributed by atoms with Crippen molar-refractivity contribution in [3.63, 3.8) is 0 Å². The van der Waals surface area contributed by atoms with Gasteiger partial charge in [-0.25, -0.2) is 9.13 Å². The number of benzene rings is 2. The summed E-state index contributed by atoms with van der Waals surface area (Å²) in [7, 11) is 0. The third-order valence-electron chi connectivity index (χ3n) is 7.09. The highest BCUT2D eigenvalue weighted by Gasteiger charge is 2.51. The van der Waals surface area contributed by atoms with Gasteiger partial charge in [0.05, 0.1) is 0 Å². The zero-order valence-corrected chi connectivity index (χ0v) is 19.3. The quantitative estimate of drug-likeness (QED) is 0.425. The van der Waals surface area contributed by atoms with Crippen molar-refractivity contribution in [1.29, 1.82) is 0 Å². The Morgan fingerprint density at radius 1 is 1.06 bits per heavy atom. The van der Waals surface area contributed by atoms with E-state index >= 15 is 0 Å². The maximum absolute atomic E-state index is 13.3. The highest BCUT2D eigenvalue weighted by molar-refractivity contribution is 5.91. The fraction of sp³-hybridized carbons (Fsp3) is 0.370. The van der Waals surface area contributed by atoms with E-state index in [0.717, 1.165) is 36.2 Å². The van der Waals surface area contributed by atoms with E-state index in [-0.39, 0.29) is 23.8 Å². The number of esters is 1. The molecule has 0 saturated heterocycles. The summed E-state index contributed by atoms with van der Waals surface area (Å²) in [6.45, 7) is 4.47. The molecule has 2 unspecified atom stereocenters. The molecule has 1 fully saturated rings.